The average molecular weight is 511 g/mol. The summed E-state index contributed by atoms with van der Waals surface area (Å²) in [6.45, 7) is 2.93. The molecule has 0 fully saturated rings. The second kappa shape index (κ2) is 13.7. The zero-order chi connectivity index (χ0) is 26.8. The maximum atomic E-state index is 12.8. The monoisotopic (exact) mass is 510 g/mol. The van der Waals surface area contributed by atoms with Crippen LogP contribution in [0.1, 0.15) is 6.92 Å². The highest BCUT2D eigenvalue weighted by Gasteiger charge is 2.32. The minimum absolute atomic E-state index is 0.0400. The van der Waals surface area contributed by atoms with Crippen LogP contribution in [-0.4, -0.2) is 90.3 Å². The Morgan fingerprint density at radius 1 is 0.730 bits per heavy atom. The molecule has 198 valence electrons. The van der Waals surface area contributed by atoms with Crippen LogP contribution in [0.4, 0.5) is 22.7 Å². The largest absolute Gasteiger partial charge is 0.395 e. The number of nitrogens with zero attached hydrogens (tertiary/aromatic N) is 3. The van der Waals surface area contributed by atoms with E-state index in [4.69, 9.17) is 0 Å². The van der Waals surface area contributed by atoms with E-state index in [1.807, 2.05) is 21.9 Å². The number of aliphatic imine (C=N–C) groups is 1. The molecule has 10 heteroatoms. The number of allylic oxidation sites excluding steroid dienone is 2. The molecule has 0 saturated carbocycles. The molecule has 10 nitrogen and oxygen atoms in total. The molecule has 0 radical (unpaired) electrons. The number of nitrogens with one attached hydrogen (secondary N) is 1. The summed E-state index contributed by atoms with van der Waals surface area (Å²) >= 11 is 0. The highest BCUT2D eigenvalue weighted by molar-refractivity contribution is 6.51. The smallest absolute Gasteiger partial charge is 0.191 e. The molecule has 0 aromatic heterocycles. The third-order valence-corrected chi connectivity index (χ3v) is 6.04. The van der Waals surface area contributed by atoms with E-state index in [1.165, 1.54) is 6.08 Å². The van der Waals surface area contributed by atoms with Crippen molar-refractivity contribution in [1.29, 1.82) is 0 Å². The van der Waals surface area contributed by atoms with Crippen molar-refractivity contribution in [3.63, 3.8) is 0 Å². The molecule has 2 aromatic rings. The number of anilines is 3. The zero-order valence-corrected chi connectivity index (χ0v) is 20.9. The highest BCUT2D eigenvalue weighted by atomic mass is 16.3. The summed E-state index contributed by atoms with van der Waals surface area (Å²) < 4.78 is 0. The van der Waals surface area contributed by atoms with E-state index in [0.29, 0.717) is 37.6 Å². The molecule has 0 heterocycles. The Hall–Kier alpha value is -3.57. The molecule has 0 saturated heterocycles. The summed E-state index contributed by atoms with van der Waals surface area (Å²) in [7, 11) is 0. The number of ketones is 2. The number of benzene rings is 2. The number of hydrogen-bond acceptors (Lipinski definition) is 10. The third kappa shape index (κ3) is 7.23. The molecule has 2 aromatic carbocycles. The first-order valence-electron chi connectivity index (χ1n) is 12.2. The van der Waals surface area contributed by atoms with E-state index in [0.717, 1.165) is 11.4 Å². The lowest BCUT2D eigenvalue weighted by atomic mass is 9.89. The van der Waals surface area contributed by atoms with Crippen LogP contribution in [0.25, 0.3) is 0 Å². The number of carbonyl (C=O) groups excluding carboxylic acids is 2. The van der Waals surface area contributed by atoms with E-state index >= 15 is 0 Å². The number of Topliss-reactive ketones (excluding diaryl/α,β-unsaturated/α-hetero) is 2. The van der Waals surface area contributed by atoms with Gasteiger partial charge in [-0.05, 0) is 61.5 Å². The SMILES string of the molecule is CC1C(=O)C(Nc2ccc(N(CCO)CCO)cc2)=CC(=Nc2ccc(N(CCO)CCO)cc2)C1=O. The minimum Gasteiger partial charge on any atom is -0.395 e. The van der Waals surface area contributed by atoms with Crippen molar-refractivity contribution in [3.05, 3.63) is 60.3 Å². The fourth-order valence-electron chi connectivity index (χ4n) is 4.05. The van der Waals surface area contributed by atoms with Gasteiger partial charge >= 0.3 is 0 Å². The van der Waals surface area contributed by atoms with Gasteiger partial charge in [0.1, 0.15) is 5.71 Å². The lowest BCUT2D eigenvalue weighted by molar-refractivity contribution is -0.126. The van der Waals surface area contributed by atoms with Crippen LogP contribution in [0.3, 0.4) is 0 Å². The Morgan fingerprint density at radius 2 is 1.19 bits per heavy atom. The van der Waals surface area contributed by atoms with Crippen LogP contribution < -0.4 is 15.1 Å². The maximum absolute atomic E-state index is 12.8. The molecule has 37 heavy (non-hydrogen) atoms. The first kappa shape index (κ1) is 28.0. The van der Waals surface area contributed by atoms with Crippen molar-refractivity contribution in [2.75, 3.05) is 67.7 Å². The molecule has 0 spiro atoms. The van der Waals surface area contributed by atoms with Crippen molar-refractivity contribution in [2.24, 2.45) is 10.9 Å². The molecule has 0 bridgehead atoms. The first-order chi connectivity index (χ1) is 17.9. The molecule has 0 amide bonds. The second-order valence-electron chi connectivity index (χ2n) is 8.56. The average Bonchev–Trinajstić information content (AvgIpc) is 2.91. The summed E-state index contributed by atoms with van der Waals surface area (Å²) in [6.07, 6.45) is 1.46. The Morgan fingerprint density at radius 3 is 1.65 bits per heavy atom. The van der Waals surface area contributed by atoms with Crippen LogP contribution in [0.5, 0.6) is 0 Å². The van der Waals surface area contributed by atoms with Gasteiger partial charge in [-0.3, -0.25) is 9.59 Å². The van der Waals surface area contributed by atoms with Crippen LogP contribution >= 0.6 is 0 Å². The lowest BCUT2D eigenvalue weighted by Gasteiger charge is -2.24. The quantitative estimate of drug-likeness (QED) is 0.250. The minimum atomic E-state index is -0.876. The molecule has 0 aliphatic heterocycles. The van der Waals surface area contributed by atoms with Gasteiger partial charge in [-0.1, -0.05) is 0 Å². The van der Waals surface area contributed by atoms with Crippen LogP contribution in [0.15, 0.2) is 65.3 Å². The van der Waals surface area contributed by atoms with E-state index in [1.54, 1.807) is 43.3 Å². The number of rotatable bonds is 13. The van der Waals surface area contributed by atoms with Crippen molar-refractivity contribution in [1.82, 2.24) is 0 Å². The summed E-state index contributed by atoms with van der Waals surface area (Å²) in [4.78, 5) is 33.8. The van der Waals surface area contributed by atoms with Crippen molar-refractivity contribution in [2.45, 2.75) is 6.92 Å². The van der Waals surface area contributed by atoms with E-state index < -0.39 is 5.92 Å². The molecular weight excluding hydrogens is 476 g/mol. The number of aliphatic hydroxyl groups excluding tert-OH is 4. The van der Waals surface area contributed by atoms with E-state index in [2.05, 4.69) is 10.3 Å². The Bertz CT molecular complexity index is 1100. The highest BCUT2D eigenvalue weighted by Crippen LogP contribution is 2.25. The van der Waals surface area contributed by atoms with Gasteiger partial charge in [-0.25, -0.2) is 4.99 Å². The van der Waals surface area contributed by atoms with Crippen LogP contribution in [-0.2, 0) is 9.59 Å². The van der Waals surface area contributed by atoms with Gasteiger partial charge in [-0.15, -0.1) is 0 Å². The van der Waals surface area contributed by atoms with Gasteiger partial charge in [0.2, 0.25) is 0 Å². The third-order valence-electron chi connectivity index (χ3n) is 6.04. The zero-order valence-electron chi connectivity index (χ0n) is 20.9. The standard InChI is InChI=1S/C27H34N4O6/c1-19-26(36)24(28-20-2-6-22(7-3-20)30(10-14-32)11-15-33)18-25(27(19)37)29-21-4-8-23(9-5-21)31(12-16-34)13-17-35/h2-9,18-19,28,32-35H,10-17H2,1H3. The van der Waals surface area contributed by atoms with Gasteiger partial charge in [0.15, 0.2) is 11.6 Å². The second-order valence-corrected chi connectivity index (χ2v) is 8.56. The summed E-state index contributed by atoms with van der Waals surface area (Å²) in [5, 5.41) is 40.1. The van der Waals surface area contributed by atoms with Gasteiger partial charge in [0, 0.05) is 43.2 Å². The molecule has 1 unspecified atom stereocenters. The lowest BCUT2D eigenvalue weighted by Crippen LogP contribution is -2.35. The fourth-order valence-corrected chi connectivity index (χ4v) is 4.05. The van der Waals surface area contributed by atoms with Gasteiger partial charge in [0.25, 0.3) is 0 Å². The number of carbonyl (C=O) groups is 2. The number of aliphatic hydroxyl groups is 4. The Kier molecular flexibility index (Phi) is 10.3. The van der Waals surface area contributed by atoms with Crippen molar-refractivity contribution in [3.8, 4) is 0 Å². The van der Waals surface area contributed by atoms with Crippen molar-refractivity contribution >= 4 is 40.0 Å². The normalized spacial score (nSPS) is 16.6. The van der Waals surface area contributed by atoms with Gasteiger partial charge in [0.05, 0.1) is 43.7 Å². The molecule has 3 rings (SSSR count). The molecule has 1 aliphatic rings. The molecule has 1 aliphatic carbocycles. The Balaban J connectivity index is 1.81. The molecular formula is C27H34N4O6. The van der Waals surface area contributed by atoms with Gasteiger partial charge < -0.3 is 35.5 Å². The summed E-state index contributed by atoms with van der Waals surface area (Å²) in [5.74, 6) is -1.56. The fraction of sp³-hybridized carbons (Fsp3) is 0.370. The molecule has 5 N–H and O–H groups in total. The van der Waals surface area contributed by atoms with E-state index in [9.17, 15) is 30.0 Å². The summed E-state index contributed by atoms with van der Waals surface area (Å²) in [5.41, 5.74) is 3.24. The Labute approximate surface area is 216 Å². The number of hydrogen-bond donors (Lipinski definition) is 5. The summed E-state index contributed by atoms with van der Waals surface area (Å²) in [6, 6.07) is 14.3. The maximum Gasteiger partial charge on any atom is 0.191 e. The van der Waals surface area contributed by atoms with Gasteiger partial charge in [-0.2, -0.15) is 0 Å². The predicted octanol–water partition coefficient (Wildman–Crippen LogP) is 1.12. The topological polar surface area (TPSA) is 146 Å². The first-order valence-corrected chi connectivity index (χ1v) is 12.2. The predicted molar refractivity (Wildman–Crippen MR) is 144 cm³/mol. The molecule has 1 atom stereocenters. The van der Waals surface area contributed by atoms with Crippen LogP contribution in [0, 0.1) is 5.92 Å². The van der Waals surface area contributed by atoms with Crippen molar-refractivity contribution < 1.29 is 30.0 Å². The van der Waals surface area contributed by atoms with E-state index in [-0.39, 0.29) is 49.4 Å². The van der Waals surface area contributed by atoms with Crippen LogP contribution in [0.2, 0.25) is 0 Å².